The van der Waals surface area contributed by atoms with Gasteiger partial charge in [-0.15, -0.1) is 11.3 Å². The normalized spacial score (nSPS) is 12.7. The van der Waals surface area contributed by atoms with E-state index in [9.17, 15) is 0 Å². The predicted molar refractivity (Wildman–Crippen MR) is 74.3 cm³/mol. The molecule has 2 aromatic rings. The highest BCUT2D eigenvalue weighted by molar-refractivity contribution is 7.10. The Bertz CT molecular complexity index is 518. The average Bonchev–Trinajstić information content (AvgIpc) is 2.93. The molecule has 0 aliphatic rings. The van der Waals surface area contributed by atoms with Crippen LogP contribution in [0.3, 0.4) is 0 Å². The fraction of sp³-hybridized carbons (Fsp3) is 0.462. The van der Waals surface area contributed by atoms with Crippen molar-refractivity contribution in [3.8, 4) is 5.75 Å². The molecule has 0 saturated carbocycles. The minimum atomic E-state index is 0.300. The first-order valence-corrected chi connectivity index (χ1v) is 6.81. The summed E-state index contributed by atoms with van der Waals surface area (Å²) in [5, 5.41) is 9.77. The smallest absolute Gasteiger partial charge is 0.129 e. The van der Waals surface area contributed by atoms with Crippen molar-refractivity contribution in [1.29, 1.82) is 0 Å². The van der Waals surface area contributed by atoms with E-state index in [1.165, 1.54) is 10.6 Å². The Labute approximate surface area is 112 Å². The molecule has 5 heteroatoms. The molecule has 1 unspecified atom stereocenters. The van der Waals surface area contributed by atoms with Crippen molar-refractivity contribution in [2.75, 3.05) is 14.2 Å². The summed E-state index contributed by atoms with van der Waals surface area (Å²) in [5.74, 6) is 0.927. The lowest BCUT2D eigenvalue weighted by atomic mass is 10.1. The fourth-order valence-electron chi connectivity index (χ4n) is 2.03. The Morgan fingerprint density at radius 1 is 1.50 bits per heavy atom. The van der Waals surface area contributed by atoms with E-state index in [-0.39, 0.29) is 0 Å². The van der Waals surface area contributed by atoms with Crippen LogP contribution in [0.25, 0.3) is 0 Å². The van der Waals surface area contributed by atoms with Gasteiger partial charge in [0.15, 0.2) is 0 Å². The van der Waals surface area contributed by atoms with Gasteiger partial charge in [-0.1, -0.05) is 0 Å². The number of rotatable bonds is 5. The number of thiophene rings is 1. The molecule has 4 nitrogen and oxygen atoms in total. The second-order valence-electron chi connectivity index (χ2n) is 4.33. The van der Waals surface area contributed by atoms with Crippen molar-refractivity contribution >= 4 is 11.3 Å². The summed E-state index contributed by atoms with van der Waals surface area (Å²) < 4.78 is 7.18. The van der Waals surface area contributed by atoms with E-state index < -0.39 is 0 Å². The van der Waals surface area contributed by atoms with E-state index in [0.717, 1.165) is 17.9 Å². The van der Waals surface area contributed by atoms with E-state index in [1.54, 1.807) is 18.4 Å². The summed E-state index contributed by atoms with van der Waals surface area (Å²) in [5.41, 5.74) is 2.30. The monoisotopic (exact) mass is 265 g/mol. The van der Waals surface area contributed by atoms with Crippen molar-refractivity contribution in [1.82, 2.24) is 15.1 Å². The van der Waals surface area contributed by atoms with E-state index >= 15 is 0 Å². The Kier molecular flexibility index (Phi) is 4.04. The molecule has 18 heavy (non-hydrogen) atoms. The lowest BCUT2D eigenvalue weighted by Gasteiger charge is -2.14. The number of nitrogens with one attached hydrogen (secondary N) is 1. The zero-order chi connectivity index (χ0) is 13.1. The van der Waals surface area contributed by atoms with Crippen LogP contribution < -0.4 is 10.1 Å². The first-order valence-electron chi connectivity index (χ1n) is 5.93. The number of ether oxygens (including phenoxy) is 1. The van der Waals surface area contributed by atoms with Gasteiger partial charge in [-0.2, -0.15) is 5.10 Å². The van der Waals surface area contributed by atoms with Gasteiger partial charge in [0.2, 0.25) is 0 Å². The summed E-state index contributed by atoms with van der Waals surface area (Å²) in [6.07, 6.45) is 0.928. The number of hydrogen-bond acceptors (Lipinski definition) is 4. The van der Waals surface area contributed by atoms with Crippen molar-refractivity contribution in [2.24, 2.45) is 7.05 Å². The summed E-state index contributed by atoms with van der Waals surface area (Å²) in [6, 6.07) is 4.53. The highest BCUT2D eigenvalue weighted by Crippen LogP contribution is 2.28. The molecule has 0 amide bonds. The molecule has 0 spiro atoms. The number of methoxy groups -OCH3 is 1. The molecule has 0 bridgehead atoms. The van der Waals surface area contributed by atoms with Gasteiger partial charge in [-0.05, 0) is 26.1 Å². The van der Waals surface area contributed by atoms with Crippen LogP contribution in [0.5, 0.6) is 5.75 Å². The molecule has 2 rings (SSSR count). The van der Waals surface area contributed by atoms with Gasteiger partial charge < -0.3 is 10.1 Å². The van der Waals surface area contributed by atoms with Crippen LogP contribution in [0, 0.1) is 6.92 Å². The standard InChI is InChI=1S/C13H19N3OS/c1-9-5-10(16(3)15-9)6-12(14-2)13-7-11(17-4)8-18-13/h5,7-8,12,14H,6H2,1-4H3. The van der Waals surface area contributed by atoms with Gasteiger partial charge in [0.05, 0.1) is 12.8 Å². The molecule has 2 aromatic heterocycles. The highest BCUT2D eigenvalue weighted by atomic mass is 32.1. The maximum atomic E-state index is 5.23. The molecule has 0 saturated heterocycles. The molecule has 0 aromatic carbocycles. The summed E-state index contributed by atoms with van der Waals surface area (Å²) in [6.45, 7) is 2.02. The first kappa shape index (κ1) is 13.1. The second kappa shape index (κ2) is 5.54. The van der Waals surface area contributed by atoms with Gasteiger partial charge in [0.25, 0.3) is 0 Å². The minimum absolute atomic E-state index is 0.300. The molecule has 1 N–H and O–H groups in total. The number of nitrogens with zero attached hydrogens (tertiary/aromatic N) is 2. The van der Waals surface area contributed by atoms with Gasteiger partial charge >= 0.3 is 0 Å². The Morgan fingerprint density at radius 3 is 2.78 bits per heavy atom. The molecule has 1 atom stereocenters. The zero-order valence-electron chi connectivity index (χ0n) is 11.2. The Balaban J connectivity index is 2.16. The van der Waals surface area contributed by atoms with E-state index in [4.69, 9.17) is 4.74 Å². The maximum Gasteiger partial charge on any atom is 0.129 e. The first-order chi connectivity index (χ1) is 8.63. The summed E-state index contributed by atoms with van der Waals surface area (Å²) in [7, 11) is 5.68. The average molecular weight is 265 g/mol. The SMILES string of the molecule is CNC(Cc1cc(C)nn1C)c1cc(OC)cs1. The third-order valence-corrected chi connectivity index (χ3v) is 4.06. The third-order valence-electron chi connectivity index (χ3n) is 3.04. The molecule has 0 radical (unpaired) electrons. The van der Waals surface area contributed by atoms with Crippen LogP contribution in [0.2, 0.25) is 0 Å². The lowest BCUT2D eigenvalue weighted by Crippen LogP contribution is -2.19. The van der Waals surface area contributed by atoms with E-state index in [1.807, 2.05) is 31.1 Å². The molecule has 0 aliphatic heterocycles. The van der Waals surface area contributed by atoms with Crippen molar-refractivity contribution < 1.29 is 4.74 Å². The lowest BCUT2D eigenvalue weighted by molar-refractivity contribution is 0.416. The molecular formula is C13H19N3OS. The Morgan fingerprint density at radius 2 is 2.28 bits per heavy atom. The highest BCUT2D eigenvalue weighted by Gasteiger charge is 2.15. The summed E-state index contributed by atoms with van der Waals surface area (Å²) in [4.78, 5) is 1.29. The number of aromatic nitrogens is 2. The van der Waals surface area contributed by atoms with Crippen LogP contribution in [-0.4, -0.2) is 23.9 Å². The van der Waals surface area contributed by atoms with Gasteiger partial charge in [0, 0.05) is 35.5 Å². The van der Waals surface area contributed by atoms with Crippen molar-refractivity contribution in [3.63, 3.8) is 0 Å². The van der Waals surface area contributed by atoms with Crippen molar-refractivity contribution in [3.05, 3.63) is 33.8 Å². The zero-order valence-corrected chi connectivity index (χ0v) is 12.0. The van der Waals surface area contributed by atoms with E-state index in [0.29, 0.717) is 6.04 Å². The minimum Gasteiger partial charge on any atom is -0.496 e. The van der Waals surface area contributed by atoms with Gasteiger partial charge in [-0.3, -0.25) is 4.68 Å². The molecular weight excluding hydrogens is 246 g/mol. The number of hydrogen-bond donors (Lipinski definition) is 1. The van der Waals surface area contributed by atoms with Gasteiger partial charge in [-0.25, -0.2) is 0 Å². The van der Waals surface area contributed by atoms with Crippen LogP contribution in [0.4, 0.5) is 0 Å². The topological polar surface area (TPSA) is 39.1 Å². The predicted octanol–water partition coefficient (Wildman–Crippen LogP) is 2.30. The fourth-order valence-corrected chi connectivity index (χ4v) is 3.00. The summed E-state index contributed by atoms with van der Waals surface area (Å²) >= 11 is 1.72. The third kappa shape index (κ3) is 2.73. The van der Waals surface area contributed by atoms with Gasteiger partial charge in [0.1, 0.15) is 5.75 Å². The van der Waals surface area contributed by atoms with Crippen LogP contribution >= 0.6 is 11.3 Å². The van der Waals surface area contributed by atoms with E-state index in [2.05, 4.69) is 22.5 Å². The second-order valence-corrected chi connectivity index (χ2v) is 5.28. The maximum absolute atomic E-state index is 5.23. The van der Waals surface area contributed by atoms with Crippen LogP contribution in [-0.2, 0) is 13.5 Å². The molecule has 0 aliphatic carbocycles. The van der Waals surface area contributed by atoms with Crippen molar-refractivity contribution in [2.45, 2.75) is 19.4 Å². The molecule has 0 fully saturated rings. The number of aryl methyl sites for hydroxylation is 2. The Hall–Kier alpha value is -1.33. The van der Waals surface area contributed by atoms with Crippen LogP contribution in [0.1, 0.15) is 22.3 Å². The largest absolute Gasteiger partial charge is 0.496 e. The van der Waals surface area contributed by atoms with Crippen LogP contribution in [0.15, 0.2) is 17.5 Å². The molecule has 98 valence electrons. The molecule has 2 heterocycles. The number of likely N-dealkylation sites (N-methyl/N-ethyl adjacent to an activating group) is 1. The quantitative estimate of drug-likeness (QED) is 0.901.